The molecule has 0 aliphatic rings. The minimum Gasteiger partial charge on any atom is -0.334 e. The van der Waals surface area contributed by atoms with Crippen molar-refractivity contribution < 1.29 is 18.0 Å². The van der Waals surface area contributed by atoms with Crippen LogP contribution in [0.2, 0.25) is 0 Å². The number of halogens is 3. The summed E-state index contributed by atoms with van der Waals surface area (Å²) in [6.45, 7) is 5.42. The summed E-state index contributed by atoms with van der Waals surface area (Å²) in [4.78, 5) is 11.4. The number of rotatable bonds is 1. The van der Waals surface area contributed by atoms with Gasteiger partial charge in [0.05, 0.1) is 12.1 Å². The third-order valence-electron chi connectivity index (χ3n) is 2.28. The van der Waals surface area contributed by atoms with Crippen molar-refractivity contribution in [1.82, 2.24) is 10.6 Å². The Balaban J connectivity index is 2.67. The Morgan fingerprint density at radius 1 is 1.19 bits per heavy atom. The lowest BCUT2D eigenvalue weighted by Crippen LogP contribution is -2.46. The molecule has 0 radical (unpaired) electrons. The molecule has 0 heterocycles. The summed E-state index contributed by atoms with van der Waals surface area (Å²) in [5.74, 6) is 4.93. The van der Waals surface area contributed by atoms with Gasteiger partial charge in [-0.15, -0.1) is 0 Å². The molecule has 0 fully saturated rings. The molecule has 114 valence electrons. The molecule has 21 heavy (non-hydrogen) atoms. The molecule has 0 aliphatic carbocycles. The molecular formula is C15H17F3N2O. The monoisotopic (exact) mass is 298 g/mol. The van der Waals surface area contributed by atoms with E-state index in [9.17, 15) is 18.0 Å². The molecule has 0 saturated carbocycles. The molecule has 1 aromatic rings. The maximum absolute atomic E-state index is 12.7. The minimum absolute atomic E-state index is 0.0336. The van der Waals surface area contributed by atoms with Gasteiger partial charge in [0, 0.05) is 11.1 Å². The number of nitrogens with one attached hydrogen (secondary N) is 2. The fourth-order valence-electron chi connectivity index (χ4n) is 1.49. The van der Waals surface area contributed by atoms with Crippen molar-refractivity contribution >= 4 is 6.03 Å². The molecule has 2 N–H and O–H groups in total. The number of carbonyl (C=O) groups excluding carboxylic acids is 1. The first-order chi connectivity index (χ1) is 9.59. The number of hydrogen-bond acceptors (Lipinski definition) is 1. The van der Waals surface area contributed by atoms with E-state index in [4.69, 9.17) is 0 Å². The smallest absolute Gasteiger partial charge is 0.334 e. The Hall–Kier alpha value is -2.16. The zero-order chi connectivity index (χ0) is 16.1. The Kier molecular flexibility index (Phi) is 5.25. The van der Waals surface area contributed by atoms with Gasteiger partial charge in [0.2, 0.25) is 0 Å². The van der Waals surface area contributed by atoms with E-state index in [-0.39, 0.29) is 17.6 Å². The number of urea groups is 1. The van der Waals surface area contributed by atoms with Crippen LogP contribution < -0.4 is 10.6 Å². The van der Waals surface area contributed by atoms with Gasteiger partial charge in [-0.1, -0.05) is 24.0 Å². The summed E-state index contributed by atoms with van der Waals surface area (Å²) >= 11 is 0. The second-order valence-electron chi connectivity index (χ2n) is 5.40. The summed E-state index contributed by atoms with van der Waals surface area (Å²) in [7, 11) is 0. The third-order valence-corrected chi connectivity index (χ3v) is 2.28. The molecule has 1 aromatic carbocycles. The zero-order valence-electron chi connectivity index (χ0n) is 12.1. The third kappa shape index (κ3) is 6.21. The van der Waals surface area contributed by atoms with Crippen molar-refractivity contribution in [3.63, 3.8) is 0 Å². The fourth-order valence-corrected chi connectivity index (χ4v) is 1.49. The summed E-state index contributed by atoms with van der Waals surface area (Å²) < 4.78 is 38.2. The molecule has 1 rings (SSSR count). The predicted molar refractivity (Wildman–Crippen MR) is 74.6 cm³/mol. The number of hydrogen-bond donors (Lipinski definition) is 2. The lowest BCUT2D eigenvalue weighted by Gasteiger charge is -2.20. The topological polar surface area (TPSA) is 41.1 Å². The largest absolute Gasteiger partial charge is 0.417 e. The number of carbonyl (C=O) groups is 1. The van der Waals surface area contributed by atoms with E-state index in [2.05, 4.69) is 22.5 Å². The standard InChI is InChI=1S/C15H17F3N2O/c1-14(2,3)20-13(21)19-10-6-8-11-7-4-5-9-12(11)15(16,17)18/h4-5,7,9H,10H2,1-3H3,(H2,19,20,21). The Bertz CT molecular complexity index is 563. The lowest BCUT2D eigenvalue weighted by atomic mass is 10.1. The molecule has 0 atom stereocenters. The average molecular weight is 298 g/mol. The van der Waals surface area contributed by atoms with Gasteiger partial charge in [-0.05, 0) is 32.9 Å². The van der Waals surface area contributed by atoms with Gasteiger partial charge >= 0.3 is 12.2 Å². The first-order valence-corrected chi connectivity index (χ1v) is 6.31. The van der Waals surface area contributed by atoms with Crippen LogP contribution in [0, 0.1) is 11.8 Å². The molecule has 0 unspecified atom stereocenters. The Labute approximate surface area is 121 Å². The van der Waals surface area contributed by atoms with Crippen molar-refractivity contribution in [3.05, 3.63) is 35.4 Å². The quantitative estimate of drug-likeness (QED) is 0.768. The van der Waals surface area contributed by atoms with Crippen LogP contribution in [0.5, 0.6) is 0 Å². The van der Waals surface area contributed by atoms with Crippen molar-refractivity contribution in [2.24, 2.45) is 0 Å². The van der Waals surface area contributed by atoms with E-state index in [0.717, 1.165) is 6.07 Å². The van der Waals surface area contributed by atoms with E-state index in [0.29, 0.717) is 0 Å². The van der Waals surface area contributed by atoms with E-state index >= 15 is 0 Å². The normalized spacial score (nSPS) is 11.3. The molecule has 2 amide bonds. The minimum atomic E-state index is -4.44. The van der Waals surface area contributed by atoms with Gasteiger partial charge in [-0.3, -0.25) is 0 Å². The van der Waals surface area contributed by atoms with E-state index in [1.807, 2.05) is 20.8 Å². The first kappa shape index (κ1) is 16.9. The molecule has 0 saturated heterocycles. The van der Waals surface area contributed by atoms with Gasteiger partial charge in [0.15, 0.2) is 0 Å². The highest BCUT2D eigenvalue weighted by molar-refractivity contribution is 5.74. The van der Waals surface area contributed by atoms with Gasteiger partial charge in [-0.2, -0.15) is 13.2 Å². The molecule has 6 heteroatoms. The second kappa shape index (κ2) is 6.53. The molecule has 0 aliphatic heterocycles. The summed E-state index contributed by atoms with van der Waals surface area (Å²) in [5, 5.41) is 5.12. The summed E-state index contributed by atoms with van der Waals surface area (Å²) in [5.41, 5.74) is -1.28. The maximum Gasteiger partial charge on any atom is 0.417 e. The SMILES string of the molecule is CC(C)(C)NC(=O)NCC#Cc1ccccc1C(F)(F)F. The molecule has 0 bridgehead atoms. The van der Waals surface area contributed by atoms with Crippen LogP contribution in [-0.2, 0) is 6.18 Å². The summed E-state index contributed by atoms with van der Waals surface area (Å²) in [6, 6.07) is 4.65. The van der Waals surface area contributed by atoms with Gasteiger partial charge in [0.25, 0.3) is 0 Å². The predicted octanol–water partition coefficient (Wildman–Crippen LogP) is 3.15. The van der Waals surface area contributed by atoms with Crippen molar-refractivity contribution in [3.8, 4) is 11.8 Å². The van der Waals surface area contributed by atoms with Crippen LogP contribution in [0.4, 0.5) is 18.0 Å². The highest BCUT2D eigenvalue weighted by Crippen LogP contribution is 2.31. The zero-order valence-corrected chi connectivity index (χ0v) is 12.1. The highest BCUT2D eigenvalue weighted by atomic mass is 19.4. The molecule has 0 spiro atoms. The van der Waals surface area contributed by atoms with Crippen molar-refractivity contribution in [2.45, 2.75) is 32.5 Å². The molecule has 3 nitrogen and oxygen atoms in total. The molecule has 0 aromatic heterocycles. The van der Waals surface area contributed by atoms with Crippen LogP contribution >= 0.6 is 0 Å². The van der Waals surface area contributed by atoms with Crippen LogP contribution in [0.1, 0.15) is 31.9 Å². The van der Waals surface area contributed by atoms with Crippen LogP contribution in [0.15, 0.2) is 24.3 Å². The molecular weight excluding hydrogens is 281 g/mol. The van der Waals surface area contributed by atoms with E-state index in [1.54, 1.807) is 0 Å². The lowest BCUT2D eigenvalue weighted by molar-refractivity contribution is -0.137. The highest BCUT2D eigenvalue weighted by Gasteiger charge is 2.32. The number of alkyl halides is 3. The Morgan fingerprint density at radius 3 is 2.38 bits per heavy atom. The second-order valence-corrected chi connectivity index (χ2v) is 5.40. The van der Waals surface area contributed by atoms with Gasteiger partial charge in [0.1, 0.15) is 0 Å². The van der Waals surface area contributed by atoms with Crippen LogP contribution in [0.3, 0.4) is 0 Å². The first-order valence-electron chi connectivity index (χ1n) is 6.31. The number of amides is 2. The maximum atomic E-state index is 12.7. The fraction of sp³-hybridized carbons (Fsp3) is 0.400. The van der Waals surface area contributed by atoms with Crippen molar-refractivity contribution in [2.75, 3.05) is 6.54 Å². The van der Waals surface area contributed by atoms with E-state index < -0.39 is 17.8 Å². The average Bonchev–Trinajstić information content (AvgIpc) is 2.32. The Morgan fingerprint density at radius 2 is 1.81 bits per heavy atom. The van der Waals surface area contributed by atoms with Crippen molar-refractivity contribution in [1.29, 1.82) is 0 Å². The van der Waals surface area contributed by atoms with Gasteiger partial charge < -0.3 is 10.6 Å². The van der Waals surface area contributed by atoms with E-state index in [1.165, 1.54) is 18.2 Å². The summed E-state index contributed by atoms with van der Waals surface area (Å²) in [6.07, 6.45) is -4.44. The number of benzene rings is 1. The van der Waals surface area contributed by atoms with Gasteiger partial charge in [-0.25, -0.2) is 4.79 Å². The van der Waals surface area contributed by atoms with Crippen LogP contribution in [-0.4, -0.2) is 18.1 Å². The van der Waals surface area contributed by atoms with Crippen LogP contribution in [0.25, 0.3) is 0 Å².